The molecule has 122 valence electrons. The first-order valence-corrected chi connectivity index (χ1v) is 8.37. The standard InChI is InChI=1S/C16H30N2O3/c1-2-3-4-5-6-11-17-15(19)9-10-16(20)18-13-14-8-7-12-21-14/h14H,2-13H2,1H3,(H,17,19)(H,18,20)/t14-/m0/s1. The molecule has 0 bridgehead atoms. The molecule has 5 heteroatoms. The quantitative estimate of drug-likeness (QED) is 0.574. The van der Waals surface area contributed by atoms with Crippen molar-refractivity contribution in [1.82, 2.24) is 10.6 Å². The van der Waals surface area contributed by atoms with Crippen LogP contribution in [0.2, 0.25) is 0 Å². The van der Waals surface area contributed by atoms with Gasteiger partial charge >= 0.3 is 0 Å². The van der Waals surface area contributed by atoms with Crippen LogP contribution in [0.5, 0.6) is 0 Å². The lowest BCUT2D eigenvalue weighted by Crippen LogP contribution is -2.33. The van der Waals surface area contributed by atoms with Crippen LogP contribution in [-0.4, -0.2) is 37.6 Å². The van der Waals surface area contributed by atoms with Crippen molar-refractivity contribution in [3.8, 4) is 0 Å². The molecule has 2 N–H and O–H groups in total. The van der Waals surface area contributed by atoms with Gasteiger partial charge in [0, 0.05) is 32.5 Å². The summed E-state index contributed by atoms with van der Waals surface area (Å²) in [6, 6.07) is 0. The molecule has 1 aliphatic heterocycles. The number of hydrogen-bond acceptors (Lipinski definition) is 3. The second-order valence-electron chi connectivity index (χ2n) is 5.70. The Labute approximate surface area is 128 Å². The zero-order valence-electron chi connectivity index (χ0n) is 13.3. The van der Waals surface area contributed by atoms with E-state index in [1.807, 2.05) is 0 Å². The molecule has 0 radical (unpaired) electrons. The SMILES string of the molecule is CCCCCCCNC(=O)CCC(=O)NC[C@@H]1CCCO1. The van der Waals surface area contributed by atoms with E-state index < -0.39 is 0 Å². The zero-order valence-corrected chi connectivity index (χ0v) is 13.3. The molecule has 1 fully saturated rings. The molecule has 1 saturated heterocycles. The molecule has 0 spiro atoms. The van der Waals surface area contributed by atoms with Crippen LogP contribution in [-0.2, 0) is 14.3 Å². The van der Waals surface area contributed by atoms with Gasteiger partial charge in [-0.25, -0.2) is 0 Å². The van der Waals surface area contributed by atoms with E-state index in [2.05, 4.69) is 17.6 Å². The summed E-state index contributed by atoms with van der Waals surface area (Å²) in [5.41, 5.74) is 0. The molecule has 1 heterocycles. The van der Waals surface area contributed by atoms with E-state index in [1.54, 1.807) is 0 Å². The number of unbranched alkanes of at least 4 members (excludes halogenated alkanes) is 4. The fraction of sp³-hybridized carbons (Fsp3) is 0.875. The summed E-state index contributed by atoms with van der Waals surface area (Å²) in [7, 11) is 0. The van der Waals surface area contributed by atoms with Crippen molar-refractivity contribution in [2.24, 2.45) is 0 Å². The second-order valence-corrected chi connectivity index (χ2v) is 5.70. The number of amides is 2. The van der Waals surface area contributed by atoms with E-state index in [1.165, 1.54) is 19.3 Å². The Balaban J connectivity index is 1.92. The summed E-state index contributed by atoms with van der Waals surface area (Å²) in [5.74, 6) is -0.0960. The third kappa shape index (κ3) is 9.45. The number of carbonyl (C=O) groups excluding carboxylic acids is 2. The summed E-state index contributed by atoms with van der Waals surface area (Å²) in [6.07, 6.45) is 8.68. The van der Waals surface area contributed by atoms with Gasteiger partial charge in [-0.2, -0.15) is 0 Å². The maximum absolute atomic E-state index is 11.6. The number of hydrogen-bond donors (Lipinski definition) is 2. The lowest BCUT2D eigenvalue weighted by molar-refractivity contribution is -0.126. The molecule has 0 aromatic rings. The van der Waals surface area contributed by atoms with Gasteiger partial charge in [0.05, 0.1) is 6.10 Å². The van der Waals surface area contributed by atoms with Gasteiger partial charge in [0.2, 0.25) is 11.8 Å². The Bertz CT molecular complexity index is 302. The summed E-state index contributed by atoms with van der Waals surface area (Å²) < 4.78 is 5.43. The Kier molecular flexibility index (Phi) is 9.87. The van der Waals surface area contributed by atoms with Crippen LogP contribution in [0.15, 0.2) is 0 Å². The predicted octanol–water partition coefficient (Wildman–Crippen LogP) is 2.15. The van der Waals surface area contributed by atoms with Gasteiger partial charge < -0.3 is 15.4 Å². The van der Waals surface area contributed by atoms with E-state index in [0.717, 1.165) is 38.8 Å². The molecule has 5 nitrogen and oxygen atoms in total. The first kappa shape index (κ1) is 18.0. The molecule has 0 aromatic carbocycles. The number of rotatable bonds is 11. The van der Waals surface area contributed by atoms with Gasteiger partial charge in [0.25, 0.3) is 0 Å². The average Bonchev–Trinajstić information content (AvgIpc) is 3.00. The molecule has 2 amide bonds. The highest BCUT2D eigenvalue weighted by atomic mass is 16.5. The van der Waals surface area contributed by atoms with Crippen molar-refractivity contribution >= 4 is 11.8 Å². The lowest BCUT2D eigenvalue weighted by atomic mass is 10.1. The van der Waals surface area contributed by atoms with Gasteiger partial charge in [-0.1, -0.05) is 32.6 Å². The first-order valence-electron chi connectivity index (χ1n) is 8.37. The van der Waals surface area contributed by atoms with Crippen LogP contribution in [0, 0.1) is 0 Å². The Morgan fingerprint density at radius 3 is 2.43 bits per heavy atom. The molecular weight excluding hydrogens is 268 g/mol. The van der Waals surface area contributed by atoms with Crippen LogP contribution in [0.1, 0.15) is 64.7 Å². The van der Waals surface area contributed by atoms with Crippen LogP contribution < -0.4 is 10.6 Å². The van der Waals surface area contributed by atoms with E-state index in [0.29, 0.717) is 6.54 Å². The van der Waals surface area contributed by atoms with Gasteiger partial charge in [-0.3, -0.25) is 9.59 Å². The number of ether oxygens (including phenoxy) is 1. The van der Waals surface area contributed by atoms with E-state index in [4.69, 9.17) is 4.74 Å². The largest absolute Gasteiger partial charge is 0.376 e. The highest BCUT2D eigenvalue weighted by molar-refractivity contribution is 5.83. The van der Waals surface area contributed by atoms with Crippen LogP contribution in [0.4, 0.5) is 0 Å². The van der Waals surface area contributed by atoms with Crippen molar-refractivity contribution in [3.05, 3.63) is 0 Å². The van der Waals surface area contributed by atoms with Gasteiger partial charge in [-0.05, 0) is 19.3 Å². The van der Waals surface area contributed by atoms with E-state index >= 15 is 0 Å². The second kappa shape index (κ2) is 11.5. The molecular formula is C16H30N2O3. The fourth-order valence-corrected chi connectivity index (χ4v) is 2.39. The van der Waals surface area contributed by atoms with Gasteiger partial charge in [0.1, 0.15) is 0 Å². The van der Waals surface area contributed by atoms with Crippen molar-refractivity contribution in [1.29, 1.82) is 0 Å². The smallest absolute Gasteiger partial charge is 0.220 e. The average molecular weight is 298 g/mol. The van der Waals surface area contributed by atoms with Crippen molar-refractivity contribution < 1.29 is 14.3 Å². The molecule has 0 unspecified atom stereocenters. The van der Waals surface area contributed by atoms with Gasteiger partial charge in [-0.15, -0.1) is 0 Å². The fourth-order valence-electron chi connectivity index (χ4n) is 2.39. The zero-order chi connectivity index (χ0) is 15.3. The highest BCUT2D eigenvalue weighted by Crippen LogP contribution is 2.10. The molecule has 1 aliphatic rings. The monoisotopic (exact) mass is 298 g/mol. The Morgan fingerprint density at radius 1 is 1.05 bits per heavy atom. The third-order valence-corrected chi connectivity index (χ3v) is 3.73. The molecule has 0 aromatic heterocycles. The first-order chi connectivity index (χ1) is 10.2. The number of carbonyl (C=O) groups is 2. The molecule has 21 heavy (non-hydrogen) atoms. The van der Waals surface area contributed by atoms with Crippen LogP contribution >= 0.6 is 0 Å². The minimum Gasteiger partial charge on any atom is -0.376 e. The summed E-state index contributed by atoms with van der Waals surface area (Å²) in [5, 5.41) is 5.69. The molecule has 0 aliphatic carbocycles. The Hall–Kier alpha value is -1.10. The summed E-state index contributed by atoms with van der Waals surface area (Å²) in [4.78, 5) is 23.2. The predicted molar refractivity (Wildman–Crippen MR) is 83.0 cm³/mol. The van der Waals surface area contributed by atoms with Crippen molar-refractivity contribution in [3.63, 3.8) is 0 Å². The molecule has 1 atom stereocenters. The van der Waals surface area contributed by atoms with Crippen molar-refractivity contribution in [2.75, 3.05) is 19.7 Å². The summed E-state index contributed by atoms with van der Waals surface area (Å²) >= 11 is 0. The highest BCUT2D eigenvalue weighted by Gasteiger charge is 2.16. The van der Waals surface area contributed by atoms with E-state index in [-0.39, 0.29) is 30.8 Å². The minimum absolute atomic E-state index is 0.0299. The maximum atomic E-state index is 11.6. The lowest BCUT2D eigenvalue weighted by Gasteiger charge is -2.10. The normalized spacial score (nSPS) is 17.7. The van der Waals surface area contributed by atoms with Gasteiger partial charge in [0.15, 0.2) is 0 Å². The third-order valence-electron chi connectivity index (χ3n) is 3.73. The Morgan fingerprint density at radius 2 is 1.76 bits per heavy atom. The van der Waals surface area contributed by atoms with E-state index in [9.17, 15) is 9.59 Å². The topological polar surface area (TPSA) is 67.4 Å². The van der Waals surface area contributed by atoms with Crippen molar-refractivity contribution in [2.45, 2.75) is 70.8 Å². The molecule has 1 rings (SSSR count). The summed E-state index contributed by atoms with van der Waals surface area (Å²) in [6.45, 7) is 4.27. The van der Waals surface area contributed by atoms with Crippen LogP contribution in [0.25, 0.3) is 0 Å². The number of nitrogens with one attached hydrogen (secondary N) is 2. The minimum atomic E-state index is -0.0661. The van der Waals surface area contributed by atoms with Crippen LogP contribution in [0.3, 0.4) is 0 Å². The maximum Gasteiger partial charge on any atom is 0.220 e. The molecule has 0 saturated carbocycles.